The van der Waals surface area contributed by atoms with Gasteiger partial charge >= 0.3 is 0 Å². The Kier molecular flexibility index (Phi) is 4.32. The van der Waals surface area contributed by atoms with Crippen molar-refractivity contribution >= 4 is 0 Å². The first-order valence-corrected chi connectivity index (χ1v) is 10.8. The van der Waals surface area contributed by atoms with E-state index in [-0.39, 0.29) is 11.7 Å². The summed E-state index contributed by atoms with van der Waals surface area (Å²) in [5.74, 6) is 4.85. The first-order valence-electron chi connectivity index (χ1n) is 10.8. The zero-order valence-electron chi connectivity index (χ0n) is 16.0. The van der Waals surface area contributed by atoms with Gasteiger partial charge in [0.1, 0.15) is 0 Å². The van der Waals surface area contributed by atoms with Crippen LogP contribution in [0.2, 0.25) is 0 Å². The molecule has 9 unspecified atom stereocenters. The standard InChI is InChI=1S/C22H38O2/c1-4-22(24)12-10-16-15(13-22)5-6-18-17(16)9-11-21(3)19(14(2)23)7-8-20(18)21/h14-20,23-24H,4-13H2,1-3H3. The van der Waals surface area contributed by atoms with Crippen molar-refractivity contribution in [3.8, 4) is 0 Å². The minimum absolute atomic E-state index is 0.137. The van der Waals surface area contributed by atoms with Crippen molar-refractivity contribution in [3.05, 3.63) is 0 Å². The van der Waals surface area contributed by atoms with E-state index in [2.05, 4.69) is 13.8 Å². The van der Waals surface area contributed by atoms with Gasteiger partial charge < -0.3 is 10.2 Å². The molecule has 0 amide bonds. The van der Waals surface area contributed by atoms with Crippen LogP contribution in [-0.2, 0) is 0 Å². The summed E-state index contributed by atoms with van der Waals surface area (Å²) in [6, 6.07) is 0. The maximum Gasteiger partial charge on any atom is 0.0648 e. The van der Waals surface area contributed by atoms with Crippen LogP contribution in [0.4, 0.5) is 0 Å². The Labute approximate surface area is 148 Å². The summed E-state index contributed by atoms with van der Waals surface area (Å²) in [5, 5.41) is 21.1. The van der Waals surface area contributed by atoms with Crippen LogP contribution in [0.1, 0.15) is 85.0 Å². The molecular formula is C22H38O2. The van der Waals surface area contributed by atoms with Gasteiger partial charge in [-0.3, -0.25) is 0 Å². The summed E-state index contributed by atoms with van der Waals surface area (Å²) in [6.45, 7) is 6.68. The lowest BCUT2D eigenvalue weighted by Gasteiger charge is -2.57. The second-order valence-electron chi connectivity index (χ2n) is 10.2. The molecule has 0 aromatic rings. The SMILES string of the molecule is CCC1(O)CCC2C(CCC3C2CCC2(C)C(C(C)O)CCC32)C1. The molecule has 9 atom stereocenters. The van der Waals surface area contributed by atoms with E-state index in [4.69, 9.17) is 0 Å². The fourth-order valence-electron chi connectivity index (χ4n) is 8.12. The molecular weight excluding hydrogens is 296 g/mol. The van der Waals surface area contributed by atoms with Crippen LogP contribution in [0.25, 0.3) is 0 Å². The van der Waals surface area contributed by atoms with E-state index >= 15 is 0 Å². The zero-order chi connectivity index (χ0) is 17.1. The maximum absolute atomic E-state index is 10.8. The number of fused-ring (bicyclic) bond motifs is 5. The first-order chi connectivity index (χ1) is 11.4. The summed E-state index contributed by atoms with van der Waals surface area (Å²) in [5.41, 5.74) is 0.0307. The van der Waals surface area contributed by atoms with E-state index in [1.165, 1.54) is 44.9 Å². The molecule has 2 N–H and O–H groups in total. The van der Waals surface area contributed by atoms with Crippen molar-refractivity contribution in [3.63, 3.8) is 0 Å². The number of rotatable bonds is 2. The van der Waals surface area contributed by atoms with Crippen molar-refractivity contribution in [2.75, 3.05) is 0 Å². The third kappa shape index (κ3) is 2.50. The van der Waals surface area contributed by atoms with Crippen molar-refractivity contribution in [2.45, 2.75) is 96.7 Å². The van der Waals surface area contributed by atoms with E-state index in [1.807, 2.05) is 6.92 Å². The Morgan fingerprint density at radius 1 is 0.958 bits per heavy atom. The van der Waals surface area contributed by atoms with Gasteiger partial charge in [-0.15, -0.1) is 0 Å². The van der Waals surface area contributed by atoms with Crippen LogP contribution in [0.3, 0.4) is 0 Å². The molecule has 2 nitrogen and oxygen atoms in total. The molecule has 0 spiro atoms. The van der Waals surface area contributed by atoms with E-state index in [0.717, 1.165) is 48.9 Å². The van der Waals surface area contributed by atoms with Crippen LogP contribution < -0.4 is 0 Å². The van der Waals surface area contributed by atoms with Crippen LogP contribution in [0.15, 0.2) is 0 Å². The molecule has 0 saturated heterocycles. The predicted octanol–water partition coefficient (Wildman–Crippen LogP) is 4.78. The van der Waals surface area contributed by atoms with Gasteiger partial charge in [-0.2, -0.15) is 0 Å². The Bertz CT molecular complexity index is 475. The highest BCUT2D eigenvalue weighted by Crippen LogP contribution is 2.65. The minimum Gasteiger partial charge on any atom is -0.393 e. The molecule has 4 saturated carbocycles. The fraction of sp³-hybridized carbons (Fsp3) is 1.00. The summed E-state index contributed by atoms with van der Waals surface area (Å²) >= 11 is 0. The molecule has 4 rings (SSSR count). The quantitative estimate of drug-likeness (QED) is 0.763. The lowest BCUT2D eigenvalue weighted by Crippen LogP contribution is -2.51. The highest BCUT2D eigenvalue weighted by molar-refractivity contribution is 5.07. The monoisotopic (exact) mass is 334 g/mol. The first kappa shape index (κ1) is 17.3. The highest BCUT2D eigenvalue weighted by atomic mass is 16.3. The topological polar surface area (TPSA) is 40.5 Å². The molecule has 0 bridgehead atoms. The Morgan fingerprint density at radius 2 is 1.71 bits per heavy atom. The van der Waals surface area contributed by atoms with Crippen LogP contribution in [-0.4, -0.2) is 21.9 Å². The summed E-state index contributed by atoms with van der Waals surface area (Å²) in [4.78, 5) is 0. The molecule has 24 heavy (non-hydrogen) atoms. The summed E-state index contributed by atoms with van der Waals surface area (Å²) in [7, 11) is 0. The van der Waals surface area contributed by atoms with Gasteiger partial charge in [-0.25, -0.2) is 0 Å². The normalized spacial score (nSPS) is 55.4. The van der Waals surface area contributed by atoms with E-state index in [0.29, 0.717) is 11.3 Å². The highest BCUT2D eigenvalue weighted by Gasteiger charge is 2.58. The fourth-order valence-corrected chi connectivity index (χ4v) is 8.12. The van der Waals surface area contributed by atoms with Crippen LogP contribution >= 0.6 is 0 Å². The average molecular weight is 335 g/mol. The summed E-state index contributed by atoms with van der Waals surface area (Å²) in [6.07, 6.45) is 12.2. The van der Waals surface area contributed by atoms with Crippen molar-refractivity contribution in [1.82, 2.24) is 0 Å². The lowest BCUT2D eigenvalue weighted by molar-refractivity contribution is -0.112. The third-order valence-electron chi connectivity index (χ3n) is 9.42. The number of hydrogen-bond acceptors (Lipinski definition) is 2. The largest absolute Gasteiger partial charge is 0.393 e. The van der Waals surface area contributed by atoms with Gasteiger partial charge in [0.25, 0.3) is 0 Å². The molecule has 2 heteroatoms. The molecule has 4 fully saturated rings. The van der Waals surface area contributed by atoms with Gasteiger partial charge in [0, 0.05) is 0 Å². The predicted molar refractivity (Wildman–Crippen MR) is 97.5 cm³/mol. The lowest BCUT2D eigenvalue weighted by atomic mass is 9.48. The van der Waals surface area contributed by atoms with E-state index in [9.17, 15) is 10.2 Å². The van der Waals surface area contributed by atoms with Gasteiger partial charge in [0.15, 0.2) is 0 Å². The van der Waals surface area contributed by atoms with Gasteiger partial charge in [-0.05, 0) is 112 Å². The Morgan fingerprint density at radius 3 is 2.42 bits per heavy atom. The molecule has 4 aliphatic carbocycles. The van der Waals surface area contributed by atoms with Crippen LogP contribution in [0, 0.1) is 40.9 Å². The zero-order valence-corrected chi connectivity index (χ0v) is 16.0. The van der Waals surface area contributed by atoms with Crippen molar-refractivity contribution in [1.29, 1.82) is 0 Å². The molecule has 138 valence electrons. The van der Waals surface area contributed by atoms with E-state index < -0.39 is 0 Å². The Balaban J connectivity index is 1.53. The smallest absolute Gasteiger partial charge is 0.0648 e. The number of hydrogen-bond donors (Lipinski definition) is 2. The second-order valence-corrected chi connectivity index (χ2v) is 10.2. The third-order valence-corrected chi connectivity index (χ3v) is 9.42. The second kappa shape index (κ2) is 5.98. The Hall–Kier alpha value is -0.0800. The number of aliphatic hydroxyl groups is 2. The van der Waals surface area contributed by atoms with E-state index in [1.54, 1.807) is 0 Å². The molecule has 0 heterocycles. The molecule has 0 aromatic carbocycles. The average Bonchev–Trinajstić information content (AvgIpc) is 2.91. The van der Waals surface area contributed by atoms with Gasteiger partial charge in [0.2, 0.25) is 0 Å². The van der Waals surface area contributed by atoms with Crippen molar-refractivity contribution in [2.24, 2.45) is 40.9 Å². The van der Waals surface area contributed by atoms with Crippen LogP contribution in [0.5, 0.6) is 0 Å². The van der Waals surface area contributed by atoms with Crippen molar-refractivity contribution < 1.29 is 10.2 Å². The minimum atomic E-state index is -0.359. The van der Waals surface area contributed by atoms with Gasteiger partial charge in [0.05, 0.1) is 11.7 Å². The molecule has 4 aliphatic rings. The molecule has 0 aliphatic heterocycles. The maximum atomic E-state index is 10.8. The number of aliphatic hydroxyl groups excluding tert-OH is 1. The summed E-state index contributed by atoms with van der Waals surface area (Å²) < 4.78 is 0. The molecule has 0 radical (unpaired) electrons. The molecule has 0 aromatic heterocycles. The van der Waals surface area contributed by atoms with Gasteiger partial charge in [-0.1, -0.05) is 13.8 Å².